The molecule has 3 rings (SSSR count). The van der Waals surface area contributed by atoms with E-state index in [9.17, 15) is 9.59 Å². The van der Waals surface area contributed by atoms with Crippen LogP contribution in [0.4, 0.5) is 0 Å². The molecule has 0 heterocycles. The highest BCUT2D eigenvalue weighted by Crippen LogP contribution is 2.32. The van der Waals surface area contributed by atoms with Gasteiger partial charge in [0, 0.05) is 29.7 Å². The topological polar surface area (TPSA) is 49.4 Å². The molecule has 6 heteroatoms. The highest BCUT2D eigenvalue weighted by Gasteiger charge is 2.33. The maximum Gasteiger partial charge on any atom is 0.255 e. The van der Waals surface area contributed by atoms with E-state index in [2.05, 4.69) is 21.2 Å². The van der Waals surface area contributed by atoms with Crippen molar-refractivity contribution >= 4 is 39.3 Å². The van der Waals surface area contributed by atoms with Gasteiger partial charge in [0.1, 0.15) is 0 Å². The molecule has 2 aromatic carbocycles. The Hall–Kier alpha value is -1.85. The van der Waals surface area contributed by atoms with Gasteiger partial charge >= 0.3 is 0 Å². The molecule has 130 valence electrons. The minimum absolute atomic E-state index is 0.0656. The lowest BCUT2D eigenvalue weighted by Crippen LogP contribution is -2.32. The lowest BCUT2D eigenvalue weighted by Gasteiger charge is -2.23. The quantitative estimate of drug-likeness (QED) is 0.784. The number of amides is 2. The second-order valence-corrected chi connectivity index (χ2v) is 7.39. The first-order chi connectivity index (χ1) is 12.0. The number of hydrogen-bond acceptors (Lipinski definition) is 2. The number of carbonyl (C=O) groups excluding carboxylic acids is 2. The first kappa shape index (κ1) is 18.0. The van der Waals surface area contributed by atoms with Gasteiger partial charge < -0.3 is 10.2 Å². The minimum Gasteiger partial charge on any atom is -0.355 e. The molecular formula is C19H18BrClN2O2. The number of hydrogen-bond donors (Lipinski definition) is 1. The molecule has 0 bridgehead atoms. The number of carbonyl (C=O) groups is 2. The zero-order valence-corrected chi connectivity index (χ0v) is 16.1. The van der Waals surface area contributed by atoms with Gasteiger partial charge in [0.05, 0.1) is 10.6 Å². The summed E-state index contributed by atoms with van der Waals surface area (Å²) in [4.78, 5) is 26.5. The lowest BCUT2D eigenvalue weighted by molar-refractivity contribution is 0.0729. The first-order valence-electron chi connectivity index (χ1n) is 8.06. The molecule has 0 radical (unpaired) electrons. The highest BCUT2D eigenvalue weighted by atomic mass is 79.9. The summed E-state index contributed by atoms with van der Waals surface area (Å²) in [5.74, 6) is -0.188. The third-order valence-electron chi connectivity index (χ3n) is 4.20. The van der Waals surface area contributed by atoms with Crippen LogP contribution in [0, 0.1) is 0 Å². The molecule has 0 saturated heterocycles. The van der Waals surface area contributed by atoms with Gasteiger partial charge in [-0.05, 0) is 48.7 Å². The smallest absolute Gasteiger partial charge is 0.255 e. The summed E-state index contributed by atoms with van der Waals surface area (Å²) in [5.41, 5.74) is 2.09. The molecule has 0 unspecified atom stereocenters. The van der Waals surface area contributed by atoms with Crippen molar-refractivity contribution in [2.45, 2.75) is 25.4 Å². The van der Waals surface area contributed by atoms with Crippen LogP contribution in [-0.2, 0) is 6.54 Å². The number of benzene rings is 2. The number of rotatable bonds is 5. The highest BCUT2D eigenvalue weighted by molar-refractivity contribution is 9.10. The van der Waals surface area contributed by atoms with Crippen molar-refractivity contribution in [1.82, 2.24) is 10.2 Å². The van der Waals surface area contributed by atoms with E-state index in [4.69, 9.17) is 11.6 Å². The van der Waals surface area contributed by atoms with Crippen LogP contribution in [-0.4, -0.2) is 29.8 Å². The molecule has 25 heavy (non-hydrogen) atoms. The van der Waals surface area contributed by atoms with Crippen LogP contribution in [0.25, 0.3) is 0 Å². The van der Waals surface area contributed by atoms with E-state index in [1.54, 1.807) is 31.3 Å². The largest absolute Gasteiger partial charge is 0.355 e. The Morgan fingerprint density at radius 2 is 1.88 bits per heavy atom. The summed E-state index contributed by atoms with van der Waals surface area (Å²) < 4.78 is 0.825. The number of halogens is 2. The van der Waals surface area contributed by atoms with Crippen LogP contribution in [0.15, 0.2) is 46.9 Å². The first-order valence-corrected chi connectivity index (χ1v) is 9.23. The third-order valence-corrected chi connectivity index (χ3v) is 5.03. The normalized spacial score (nSPS) is 13.4. The summed E-state index contributed by atoms with van der Waals surface area (Å²) in [6.07, 6.45) is 2.02. The zero-order valence-electron chi connectivity index (χ0n) is 13.8. The van der Waals surface area contributed by atoms with E-state index in [0.717, 1.165) is 22.9 Å². The van der Waals surface area contributed by atoms with Crippen molar-refractivity contribution in [2.75, 3.05) is 7.05 Å². The summed E-state index contributed by atoms with van der Waals surface area (Å²) in [7, 11) is 1.60. The van der Waals surface area contributed by atoms with Gasteiger partial charge in [0.2, 0.25) is 0 Å². The van der Waals surface area contributed by atoms with Crippen molar-refractivity contribution in [3.05, 3.63) is 68.7 Å². The van der Waals surface area contributed by atoms with Gasteiger partial charge in [-0.25, -0.2) is 0 Å². The molecule has 0 spiro atoms. The molecule has 1 saturated carbocycles. The van der Waals surface area contributed by atoms with Crippen LogP contribution in [0.1, 0.15) is 39.1 Å². The second kappa shape index (κ2) is 7.58. The molecule has 2 amide bonds. The summed E-state index contributed by atoms with van der Waals surface area (Å²) in [6.45, 7) is 0.500. The molecule has 1 N–H and O–H groups in total. The van der Waals surface area contributed by atoms with Crippen molar-refractivity contribution in [3.8, 4) is 0 Å². The Kier molecular flexibility index (Phi) is 5.45. The summed E-state index contributed by atoms with van der Waals surface area (Å²) in [6, 6.07) is 12.9. The monoisotopic (exact) mass is 420 g/mol. The molecular weight excluding hydrogens is 404 g/mol. The van der Waals surface area contributed by atoms with E-state index < -0.39 is 0 Å². The van der Waals surface area contributed by atoms with Gasteiger partial charge in [-0.15, -0.1) is 0 Å². The Bertz CT molecular complexity index is 804. The predicted molar refractivity (Wildman–Crippen MR) is 102 cm³/mol. The molecule has 0 aliphatic heterocycles. The van der Waals surface area contributed by atoms with Crippen molar-refractivity contribution in [1.29, 1.82) is 0 Å². The van der Waals surface area contributed by atoms with E-state index in [0.29, 0.717) is 22.7 Å². The fourth-order valence-electron chi connectivity index (χ4n) is 2.67. The standard InChI is InChI=1S/C19H18BrClN2O2/c1-22-18(24)13-4-2-12(3-5-13)11-23(15-7-8-15)19(25)16-10-14(20)6-9-17(16)21/h2-6,9-10,15H,7-8,11H2,1H3,(H,22,24). The Morgan fingerprint density at radius 3 is 2.48 bits per heavy atom. The minimum atomic E-state index is -0.123. The number of nitrogens with zero attached hydrogens (tertiary/aromatic N) is 1. The van der Waals surface area contributed by atoms with Gasteiger partial charge in [0.15, 0.2) is 0 Å². The van der Waals surface area contributed by atoms with Crippen molar-refractivity contribution in [3.63, 3.8) is 0 Å². The van der Waals surface area contributed by atoms with Gasteiger partial charge in [-0.2, -0.15) is 0 Å². The van der Waals surface area contributed by atoms with Gasteiger partial charge in [0.25, 0.3) is 11.8 Å². The molecule has 1 fully saturated rings. The van der Waals surface area contributed by atoms with Gasteiger partial charge in [-0.1, -0.05) is 39.7 Å². The fourth-order valence-corrected chi connectivity index (χ4v) is 3.23. The maximum absolute atomic E-state index is 13.0. The third kappa shape index (κ3) is 4.22. The average Bonchev–Trinajstić information content (AvgIpc) is 3.46. The second-order valence-electron chi connectivity index (χ2n) is 6.06. The van der Waals surface area contributed by atoms with Gasteiger partial charge in [-0.3, -0.25) is 9.59 Å². The number of nitrogens with one attached hydrogen (secondary N) is 1. The SMILES string of the molecule is CNC(=O)c1ccc(CN(C(=O)c2cc(Br)ccc2Cl)C2CC2)cc1. The molecule has 2 aromatic rings. The van der Waals surface area contributed by atoms with E-state index >= 15 is 0 Å². The molecule has 1 aliphatic carbocycles. The Balaban J connectivity index is 1.81. The van der Waals surface area contributed by atoms with Crippen LogP contribution in [0.3, 0.4) is 0 Å². The lowest BCUT2D eigenvalue weighted by atomic mass is 10.1. The van der Waals surface area contributed by atoms with Crippen molar-refractivity contribution in [2.24, 2.45) is 0 Å². The predicted octanol–water partition coefficient (Wildman–Crippen LogP) is 4.27. The Morgan fingerprint density at radius 1 is 1.20 bits per heavy atom. The van der Waals surface area contributed by atoms with E-state index in [-0.39, 0.29) is 17.9 Å². The van der Waals surface area contributed by atoms with Crippen LogP contribution in [0.2, 0.25) is 5.02 Å². The van der Waals surface area contributed by atoms with E-state index in [1.807, 2.05) is 23.1 Å². The average molecular weight is 422 g/mol. The van der Waals surface area contributed by atoms with E-state index in [1.165, 1.54) is 0 Å². The maximum atomic E-state index is 13.0. The molecule has 4 nitrogen and oxygen atoms in total. The Labute approximate surface area is 160 Å². The molecule has 1 aliphatic rings. The summed E-state index contributed by atoms with van der Waals surface area (Å²) in [5, 5.41) is 3.05. The zero-order chi connectivity index (χ0) is 18.0. The molecule has 0 atom stereocenters. The van der Waals surface area contributed by atoms with Crippen LogP contribution in [0.5, 0.6) is 0 Å². The van der Waals surface area contributed by atoms with Crippen LogP contribution < -0.4 is 5.32 Å². The fraction of sp³-hybridized carbons (Fsp3) is 0.263. The van der Waals surface area contributed by atoms with Crippen LogP contribution >= 0.6 is 27.5 Å². The van der Waals surface area contributed by atoms with Crippen molar-refractivity contribution < 1.29 is 9.59 Å². The summed E-state index contributed by atoms with van der Waals surface area (Å²) >= 11 is 9.62. The molecule has 0 aromatic heterocycles.